The van der Waals surface area contributed by atoms with Gasteiger partial charge in [-0.2, -0.15) is 4.72 Å². The molecule has 1 unspecified atom stereocenters. The summed E-state index contributed by atoms with van der Waals surface area (Å²) < 4.78 is 58.7. The molecule has 2 N–H and O–H groups in total. The van der Waals surface area contributed by atoms with Crippen molar-refractivity contribution in [3.8, 4) is 5.75 Å². The lowest BCUT2D eigenvalue weighted by atomic mass is 10.2. The molecule has 0 fully saturated rings. The lowest BCUT2D eigenvalue weighted by Gasteiger charge is -2.15. The van der Waals surface area contributed by atoms with Crippen molar-refractivity contribution in [2.75, 3.05) is 12.4 Å². The van der Waals surface area contributed by atoms with E-state index in [0.29, 0.717) is 5.75 Å². The number of para-hydroxylation sites is 1. The largest absolute Gasteiger partial charge is 0.497 e. The van der Waals surface area contributed by atoms with Crippen molar-refractivity contribution in [3.63, 3.8) is 0 Å². The standard InChI is InChI=1S/C16H16F2N2O4S/c1-10(16(21)19-15-13(17)4-3-5-14(15)18)20-25(22,23)12-8-6-11(24-2)7-9-12/h3-10,20H,1-2H3,(H,19,21). The van der Waals surface area contributed by atoms with Gasteiger partial charge in [-0.15, -0.1) is 0 Å². The summed E-state index contributed by atoms with van der Waals surface area (Å²) in [5.74, 6) is -2.35. The fourth-order valence-electron chi connectivity index (χ4n) is 1.96. The first-order valence-electron chi connectivity index (χ1n) is 7.16. The number of halogens is 2. The third-order valence-corrected chi connectivity index (χ3v) is 4.86. The number of methoxy groups -OCH3 is 1. The zero-order valence-corrected chi connectivity index (χ0v) is 14.2. The van der Waals surface area contributed by atoms with E-state index in [2.05, 4.69) is 4.72 Å². The Morgan fingerprint density at radius 2 is 1.64 bits per heavy atom. The number of anilines is 1. The first kappa shape index (κ1) is 18.8. The topological polar surface area (TPSA) is 84.5 Å². The quantitative estimate of drug-likeness (QED) is 0.817. The van der Waals surface area contributed by atoms with Gasteiger partial charge in [-0.25, -0.2) is 17.2 Å². The number of sulfonamides is 1. The van der Waals surface area contributed by atoms with Gasteiger partial charge in [0, 0.05) is 0 Å². The molecule has 2 rings (SSSR count). The average Bonchev–Trinajstić information content (AvgIpc) is 2.57. The highest BCUT2D eigenvalue weighted by Crippen LogP contribution is 2.19. The van der Waals surface area contributed by atoms with Gasteiger partial charge in [0.2, 0.25) is 15.9 Å². The Morgan fingerprint density at radius 1 is 1.08 bits per heavy atom. The van der Waals surface area contributed by atoms with Crippen LogP contribution in [0.2, 0.25) is 0 Å². The maximum Gasteiger partial charge on any atom is 0.242 e. The molecule has 2 aromatic carbocycles. The predicted octanol–water partition coefficient (Wildman–Crippen LogP) is 2.28. The summed E-state index contributed by atoms with van der Waals surface area (Å²) in [7, 11) is -2.56. The molecule has 0 aliphatic heterocycles. The molecule has 0 saturated heterocycles. The molecule has 0 aliphatic carbocycles. The van der Waals surface area contributed by atoms with Crippen molar-refractivity contribution in [2.45, 2.75) is 17.9 Å². The van der Waals surface area contributed by atoms with Crippen molar-refractivity contribution < 1.29 is 26.7 Å². The summed E-state index contributed by atoms with van der Waals surface area (Å²) in [6.45, 7) is 1.26. The monoisotopic (exact) mass is 370 g/mol. The Labute approximate surface area is 143 Å². The van der Waals surface area contributed by atoms with Crippen LogP contribution in [0.5, 0.6) is 5.75 Å². The van der Waals surface area contributed by atoms with Crippen LogP contribution in [-0.2, 0) is 14.8 Å². The van der Waals surface area contributed by atoms with Crippen LogP contribution in [0.4, 0.5) is 14.5 Å². The van der Waals surface area contributed by atoms with Gasteiger partial charge in [0.25, 0.3) is 0 Å². The SMILES string of the molecule is COc1ccc(S(=O)(=O)NC(C)C(=O)Nc2c(F)cccc2F)cc1. The van der Waals surface area contributed by atoms with Crippen LogP contribution in [-0.4, -0.2) is 27.5 Å². The van der Waals surface area contributed by atoms with Crippen LogP contribution < -0.4 is 14.8 Å². The second-order valence-electron chi connectivity index (χ2n) is 5.10. The first-order valence-corrected chi connectivity index (χ1v) is 8.64. The summed E-state index contributed by atoms with van der Waals surface area (Å²) in [6.07, 6.45) is 0. The number of nitrogens with one attached hydrogen (secondary N) is 2. The van der Waals surface area contributed by atoms with Gasteiger partial charge in [0.1, 0.15) is 23.1 Å². The van der Waals surface area contributed by atoms with E-state index in [0.717, 1.165) is 18.2 Å². The van der Waals surface area contributed by atoms with Crippen molar-refractivity contribution in [2.24, 2.45) is 0 Å². The number of hydrogen-bond acceptors (Lipinski definition) is 4. The molecule has 0 aromatic heterocycles. The van der Waals surface area contributed by atoms with Crippen LogP contribution in [0.1, 0.15) is 6.92 Å². The van der Waals surface area contributed by atoms with E-state index in [-0.39, 0.29) is 4.90 Å². The van der Waals surface area contributed by atoms with Crippen LogP contribution in [0, 0.1) is 11.6 Å². The first-order chi connectivity index (χ1) is 11.7. The minimum Gasteiger partial charge on any atom is -0.497 e. The molecule has 6 nitrogen and oxygen atoms in total. The van der Waals surface area contributed by atoms with Gasteiger partial charge >= 0.3 is 0 Å². The molecular formula is C16H16F2N2O4S. The molecule has 0 heterocycles. The fraction of sp³-hybridized carbons (Fsp3) is 0.188. The zero-order valence-electron chi connectivity index (χ0n) is 13.4. The summed E-state index contributed by atoms with van der Waals surface area (Å²) in [6, 6.07) is 7.37. The molecule has 1 atom stereocenters. The van der Waals surface area contributed by atoms with Crippen LogP contribution in [0.15, 0.2) is 47.4 Å². The maximum atomic E-state index is 13.5. The summed E-state index contributed by atoms with van der Waals surface area (Å²) >= 11 is 0. The number of benzene rings is 2. The number of rotatable bonds is 6. The van der Waals surface area contributed by atoms with Gasteiger partial charge in [-0.1, -0.05) is 6.07 Å². The third kappa shape index (κ3) is 4.52. The summed E-state index contributed by atoms with van der Waals surface area (Å²) in [5, 5.41) is 2.03. The molecule has 0 bridgehead atoms. The molecule has 25 heavy (non-hydrogen) atoms. The van der Waals surface area contributed by atoms with Crippen LogP contribution in [0.3, 0.4) is 0 Å². The Balaban J connectivity index is 2.11. The Hall–Kier alpha value is -2.52. The van der Waals surface area contributed by atoms with Gasteiger partial charge in [-0.05, 0) is 43.3 Å². The Morgan fingerprint density at radius 3 is 2.16 bits per heavy atom. The normalized spacial score (nSPS) is 12.5. The molecule has 9 heteroatoms. The second-order valence-corrected chi connectivity index (χ2v) is 6.82. The van der Waals surface area contributed by atoms with E-state index in [1.807, 2.05) is 5.32 Å². The van der Waals surface area contributed by atoms with Crippen LogP contribution >= 0.6 is 0 Å². The van der Waals surface area contributed by atoms with Gasteiger partial charge < -0.3 is 10.1 Å². The minimum absolute atomic E-state index is 0.0787. The van der Waals surface area contributed by atoms with Crippen molar-refractivity contribution in [1.82, 2.24) is 4.72 Å². The highest BCUT2D eigenvalue weighted by Gasteiger charge is 2.23. The van der Waals surface area contributed by atoms with E-state index in [9.17, 15) is 22.0 Å². The summed E-state index contributed by atoms with van der Waals surface area (Å²) in [5.41, 5.74) is -0.636. The molecule has 134 valence electrons. The van der Waals surface area contributed by atoms with E-state index in [1.54, 1.807) is 0 Å². The van der Waals surface area contributed by atoms with Crippen molar-refractivity contribution >= 4 is 21.6 Å². The lowest BCUT2D eigenvalue weighted by Crippen LogP contribution is -2.41. The Bertz CT molecular complexity index is 850. The molecular weight excluding hydrogens is 354 g/mol. The number of ether oxygens (including phenoxy) is 1. The minimum atomic E-state index is -4.00. The van der Waals surface area contributed by atoms with Crippen molar-refractivity contribution in [3.05, 3.63) is 54.1 Å². The smallest absolute Gasteiger partial charge is 0.242 e. The molecule has 0 saturated carbocycles. The highest BCUT2D eigenvalue weighted by molar-refractivity contribution is 7.89. The van der Waals surface area contributed by atoms with E-state index < -0.39 is 39.3 Å². The van der Waals surface area contributed by atoms with E-state index in [1.165, 1.54) is 38.3 Å². The Kier molecular flexibility index (Phi) is 5.70. The van der Waals surface area contributed by atoms with Crippen LogP contribution in [0.25, 0.3) is 0 Å². The lowest BCUT2D eigenvalue weighted by molar-refractivity contribution is -0.117. The molecule has 0 aliphatic rings. The van der Waals surface area contributed by atoms with Gasteiger partial charge in [-0.3, -0.25) is 4.79 Å². The average molecular weight is 370 g/mol. The number of hydrogen-bond donors (Lipinski definition) is 2. The molecule has 0 radical (unpaired) electrons. The molecule has 0 spiro atoms. The number of carbonyl (C=O) groups excluding carboxylic acids is 1. The maximum absolute atomic E-state index is 13.5. The van der Waals surface area contributed by atoms with Gasteiger partial charge in [0.05, 0.1) is 18.0 Å². The zero-order chi connectivity index (χ0) is 18.6. The second kappa shape index (κ2) is 7.58. The third-order valence-electron chi connectivity index (χ3n) is 3.31. The van der Waals surface area contributed by atoms with E-state index in [4.69, 9.17) is 4.74 Å². The number of amides is 1. The molecule has 2 aromatic rings. The molecule has 1 amide bonds. The van der Waals surface area contributed by atoms with E-state index >= 15 is 0 Å². The highest BCUT2D eigenvalue weighted by atomic mass is 32.2. The predicted molar refractivity (Wildman–Crippen MR) is 87.8 cm³/mol. The van der Waals surface area contributed by atoms with Gasteiger partial charge in [0.15, 0.2) is 0 Å². The fourth-order valence-corrected chi connectivity index (χ4v) is 3.16. The number of carbonyl (C=O) groups is 1. The van der Waals surface area contributed by atoms with Crippen molar-refractivity contribution in [1.29, 1.82) is 0 Å². The summed E-state index contributed by atoms with van der Waals surface area (Å²) in [4.78, 5) is 12.0.